The lowest BCUT2D eigenvalue weighted by Gasteiger charge is -2.21. The van der Waals surface area contributed by atoms with Crippen LogP contribution in [0.4, 0.5) is 0 Å². The highest BCUT2D eigenvalue weighted by molar-refractivity contribution is 4.83. The highest BCUT2D eigenvalue weighted by atomic mass is 16.3. The zero-order chi connectivity index (χ0) is 9.84. The Labute approximate surface area is 81.7 Å². The molecule has 3 atom stereocenters. The molecular formula is C11H23NO. The molecule has 0 heterocycles. The molecule has 0 saturated heterocycles. The Morgan fingerprint density at radius 3 is 2.46 bits per heavy atom. The first-order valence-electron chi connectivity index (χ1n) is 5.52. The van der Waals surface area contributed by atoms with E-state index >= 15 is 0 Å². The lowest BCUT2D eigenvalue weighted by Crippen LogP contribution is -2.38. The minimum Gasteiger partial charge on any atom is -0.392 e. The maximum Gasteiger partial charge on any atom is 0.0693 e. The van der Waals surface area contributed by atoms with Gasteiger partial charge in [0, 0.05) is 6.04 Å². The molecule has 2 nitrogen and oxygen atoms in total. The molecule has 1 saturated carbocycles. The van der Waals surface area contributed by atoms with Gasteiger partial charge in [0.05, 0.1) is 6.10 Å². The molecule has 0 bridgehead atoms. The van der Waals surface area contributed by atoms with Gasteiger partial charge in [-0.05, 0) is 37.6 Å². The van der Waals surface area contributed by atoms with E-state index < -0.39 is 0 Å². The Morgan fingerprint density at radius 2 is 2.00 bits per heavy atom. The van der Waals surface area contributed by atoms with Gasteiger partial charge in [0.2, 0.25) is 0 Å². The second-order valence-electron chi connectivity index (χ2n) is 4.73. The van der Waals surface area contributed by atoms with Gasteiger partial charge < -0.3 is 10.4 Å². The minimum absolute atomic E-state index is 0.0978. The molecule has 1 rings (SSSR count). The first-order chi connectivity index (χ1) is 6.11. The van der Waals surface area contributed by atoms with E-state index in [0.29, 0.717) is 12.0 Å². The molecule has 0 aromatic heterocycles. The predicted octanol–water partition coefficient (Wildman–Crippen LogP) is 1.78. The monoisotopic (exact) mass is 185 g/mol. The number of hydrogen-bond acceptors (Lipinski definition) is 2. The first kappa shape index (κ1) is 11.0. The average molecular weight is 185 g/mol. The predicted molar refractivity (Wildman–Crippen MR) is 55.7 cm³/mol. The fraction of sp³-hybridized carbons (Fsp3) is 1.00. The van der Waals surface area contributed by atoms with Gasteiger partial charge in [-0.15, -0.1) is 0 Å². The number of nitrogens with one attached hydrogen (secondary N) is 1. The van der Waals surface area contributed by atoms with Crippen LogP contribution in [0.2, 0.25) is 0 Å². The summed E-state index contributed by atoms with van der Waals surface area (Å²) < 4.78 is 0. The third kappa shape index (κ3) is 3.28. The smallest absolute Gasteiger partial charge is 0.0693 e. The molecule has 0 amide bonds. The molecule has 1 unspecified atom stereocenters. The van der Waals surface area contributed by atoms with Gasteiger partial charge in [0.15, 0.2) is 0 Å². The maximum atomic E-state index is 9.58. The van der Waals surface area contributed by atoms with E-state index in [0.717, 1.165) is 25.3 Å². The third-order valence-electron chi connectivity index (χ3n) is 3.32. The molecule has 1 aliphatic rings. The third-order valence-corrected chi connectivity index (χ3v) is 3.32. The van der Waals surface area contributed by atoms with Gasteiger partial charge in [-0.1, -0.05) is 20.8 Å². The topological polar surface area (TPSA) is 32.3 Å². The lowest BCUT2D eigenvalue weighted by atomic mass is 9.98. The van der Waals surface area contributed by atoms with E-state index in [1.807, 2.05) is 0 Å². The molecule has 2 heteroatoms. The van der Waals surface area contributed by atoms with Gasteiger partial charge in [-0.2, -0.15) is 0 Å². The summed E-state index contributed by atoms with van der Waals surface area (Å²) in [6.07, 6.45) is 3.20. The van der Waals surface area contributed by atoms with Gasteiger partial charge in [-0.3, -0.25) is 0 Å². The second kappa shape index (κ2) is 4.97. The van der Waals surface area contributed by atoms with E-state index in [9.17, 15) is 5.11 Å². The number of rotatable bonds is 4. The largest absolute Gasteiger partial charge is 0.392 e. The number of aliphatic hydroxyl groups is 1. The zero-order valence-electron chi connectivity index (χ0n) is 9.09. The molecule has 1 aliphatic carbocycles. The Balaban J connectivity index is 2.18. The summed E-state index contributed by atoms with van der Waals surface area (Å²) >= 11 is 0. The minimum atomic E-state index is -0.0978. The molecule has 0 aromatic carbocycles. The standard InChI is InChI=1S/C11H23NO/c1-8(2)9(3)7-12-10-5-4-6-11(10)13/h8-13H,4-7H2,1-3H3/t9?,10-,11-/m0/s1. The molecule has 0 radical (unpaired) electrons. The van der Waals surface area contributed by atoms with Gasteiger partial charge in [0.1, 0.15) is 0 Å². The van der Waals surface area contributed by atoms with Crippen LogP contribution >= 0.6 is 0 Å². The van der Waals surface area contributed by atoms with Crippen LogP contribution < -0.4 is 5.32 Å². The molecule has 0 aromatic rings. The van der Waals surface area contributed by atoms with Gasteiger partial charge in [-0.25, -0.2) is 0 Å². The Kier molecular flexibility index (Phi) is 4.20. The molecule has 0 aliphatic heterocycles. The van der Waals surface area contributed by atoms with Crippen molar-refractivity contribution in [2.24, 2.45) is 11.8 Å². The zero-order valence-corrected chi connectivity index (χ0v) is 9.09. The van der Waals surface area contributed by atoms with E-state index in [2.05, 4.69) is 26.1 Å². The van der Waals surface area contributed by atoms with Crippen molar-refractivity contribution in [3.05, 3.63) is 0 Å². The normalized spacial score (nSPS) is 31.2. The lowest BCUT2D eigenvalue weighted by molar-refractivity contribution is 0.145. The van der Waals surface area contributed by atoms with Crippen LogP contribution in [-0.4, -0.2) is 23.8 Å². The summed E-state index contributed by atoms with van der Waals surface area (Å²) in [4.78, 5) is 0. The van der Waals surface area contributed by atoms with Crippen molar-refractivity contribution in [2.45, 2.75) is 52.2 Å². The van der Waals surface area contributed by atoms with Crippen molar-refractivity contribution < 1.29 is 5.11 Å². The first-order valence-corrected chi connectivity index (χ1v) is 5.52. The summed E-state index contributed by atoms with van der Waals surface area (Å²) in [7, 11) is 0. The fourth-order valence-electron chi connectivity index (χ4n) is 1.75. The number of hydrogen-bond donors (Lipinski definition) is 2. The summed E-state index contributed by atoms with van der Waals surface area (Å²) in [5.74, 6) is 1.43. The van der Waals surface area contributed by atoms with Crippen LogP contribution in [0.1, 0.15) is 40.0 Å². The molecule has 0 spiro atoms. The van der Waals surface area contributed by atoms with Crippen LogP contribution in [0.5, 0.6) is 0 Å². The molecule has 78 valence electrons. The van der Waals surface area contributed by atoms with Crippen LogP contribution in [0.3, 0.4) is 0 Å². The molecular weight excluding hydrogens is 162 g/mol. The average Bonchev–Trinajstić information content (AvgIpc) is 2.47. The van der Waals surface area contributed by atoms with E-state index in [1.165, 1.54) is 6.42 Å². The van der Waals surface area contributed by atoms with Gasteiger partial charge >= 0.3 is 0 Å². The van der Waals surface area contributed by atoms with Crippen LogP contribution in [-0.2, 0) is 0 Å². The summed E-state index contributed by atoms with van der Waals surface area (Å²) in [5.41, 5.74) is 0. The SMILES string of the molecule is CC(C)C(C)CN[C@H]1CCC[C@@H]1O. The van der Waals surface area contributed by atoms with Crippen LogP contribution in [0.15, 0.2) is 0 Å². The summed E-state index contributed by atoms with van der Waals surface area (Å²) in [6.45, 7) is 7.80. The van der Waals surface area contributed by atoms with Crippen molar-refractivity contribution >= 4 is 0 Å². The second-order valence-corrected chi connectivity index (χ2v) is 4.73. The highest BCUT2D eigenvalue weighted by Crippen LogP contribution is 2.19. The van der Waals surface area contributed by atoms with Crippen LogP contribution in [0.25, 0.3) is 0 Å². The summed E-state index contributed by atoms with van der Waals surface area (Å²) in [6, 6.07) is 0.362. The highest BCUT2D eigenvalue weighted by Gasteiger charge is 2.24. The van der Waals surface area contributed by atoms with Crippen molar-refractivity contribution in [2.75, 3.05) is 6.54 Å². The van der Waals surface area contributed by atoms with E-state index in [4.69, 9.17) is 0 Å². The molecule has 1 fully saturated rings. The summed E-state index contributed by atoms with van der Waals surface area (Å²) in [5, 5.41) is 13.0. The van der Waals surface area contributed by atoms with Crippen LogP contribution in [0, 0.1) is 11.8 Å². The molecule has 13 heavy (non-hydrogen) atoms. The molecule has 2 N–H and O–H groups in total. The quantitative estimate of drug-likeness (QED) is 0.700. The van der Waals surface area contributed by atoms with E-state index in [1.54, 1.807) is 0 Å². The maximum absolute atomic E-state index is 9.58. The van der Waals surface area contributed by atoms with Crippen molar-refractivity contribution in [1.29, 1.82) is 0 Å². The number of aliphatic hydroxyl groups excluding tert-OH is 1. The Hall–Kier alpha value is -0.0800. The fourth-order valence-corrected chi connectivity index (χ4v) is 1.75. The Bertz CT molecular complexity index is 147. The van der Waals surface area contributed by atoms with Crippen molar-refractivity contribution in [1.82, 2.24) is 5.32 Å². The van der Waals surface area contributed by atoms with Crippen molar-refractivity contribution in [3.63, 3.8) is 0 Å². The van der Waals surface area contributed by atoms with E-state index in [-0.39, 0.29) is 6.10 Å². The van der Waals surface area contributed by atoms with Gasteiger partial charge in [0.25, 0.3) is 0 Å². The Morgan fingerprint density at radius 1 is 1.31 bits per heavy atom. The van der Waals surface area contributed by atoms with Crippen molar-refractivity contribution in [3.8, 4) is 0 Å².